The van der Waals surface area contributed by atoms with E-state index in [0.717, 1.165) is 25.7 Å². The van der Waals surface area contributed by atoms with Crippen molar-refractivity contribution in [3.05, 3.63) is 11.1 Å². The van der Waals surface area contributed by atoms with Gasteiger partial charge in [-0.1, -0.05) is 0 Å². The topological polar surface area (TPSA) is 80.3 Å². The fraction of sp³-hybridized carbons (Fsp3) is 0.714. The molecule has 108 valence electrons. The molecule has 0 spiro atoms. The molecule has 0 rings (SSSR count). The Labute approximate surface area is 126 Å². The Hall–Kier alpha value is -0.521. The summed E-state index contributed by atoms with van der Waals surface area (Å²) in [6, 6.07) is 0. The van der Waals surface area contributed by atoms with Crippen LogP contribution < -0.4 is 10.2 Å². The van der Waals surface area contributed by atoms with E-state index in [0.29, 0.717) is 0 Å². The number of rotatable bonds is 6. The molecule has 0 amide bonds. The summed E-state index contributed by atoms with van der Waals surface area (Å²) in [5.74, 6) is -1.03. The van der Waals surface area contributed by atoms with Crippen molar-refractivity contribution in [3.63, 3.8) is 0 Å². The average molecular weight is 375 g/mol. The van der Waals surface area contributed by atoms with Crippen LogP contribution >= 0.6 is 0 Å². The summed E-state index contributed by atoms with van der Waals surface area (Å²) in [7, 11) is 0. The Bertz CT molecular complexity index is 289. The van der Waals surface area contributed by atoms with Gasteiger partial charge in [0.2, 0.25) is 0 Å². The quantitative estimate of drug-likeness (QED) is 0.505. The van der Waals surface area contributed by atoms with Gasteiger partial charge in [0.1, 0.15) is 0 Å². The number of carbonyl (C=O) groups is 2. The third-order valence-electron chi connectivity index (χ3n) is 2.28. The van der Waals surface area contributed by atoms with E-state index in [1.54, 1.807) is 8.87 Å². The molecule has 19 heavy (non-hydrogen) atoms. The van der Waals surface area contributed by atoms with Gasteiger partial charge in [-0.2, -0.15) is 0 Å². The third kappa shape index (κ3) is 13.7. The molecule has 0 radical (unpaired) electrons. The second-order valence-corrected chi connectivity index (χ2v) is 9.03. The Balaban J connectivity index is 0. The molecule has 0 N–H and O–H groups in total. The molecule has 0 bridgehead atoms. The molecule has 0 atom stereocenters. The van der Waals surface area contributed by atoms with Gasteiger partial charge in [0.05, 0.1) is 11.9 Å². The van der Waals surface area contributed by atoms with Crippen LogP contribution in [0, 0.1) is 11.8 Å². The molecule has 5 heteroatoms. The van der Waals surface area contributed by atoms with Gasteiger partial charge in [-0.15, -0.1) is 0 Å². The summed E-state index contributed by atoms with van der Waals surface area (Å²) in [6.45, 7) is 11.6. The van der Waals surface area contributed by atoms with Crippen molar-refractivity contribution in [3.8, 4) is 0 Å². The maximum absolute atomic E-state index is 9.99. The van der Waals surface area contributed by atoms with Crippen molar-refractivity contribution in [2.45, 2.75) is 50.4 Å². The van der Waals surface area contributed by atoms with Crippen LogP contribution in [-0.4, -0.2) is 33.1 Å². The second kappa shape index (κ2) is 11.3. The summed E-state index contributed by atoms with van der Waals surface area (Å²) in [5.41, 5.74) is -0.611. The zero-order valence-corrected chi connectivity index (χ0v) is 15.6. The van der Waals surface area contributed by atoms with E-state index in [9.17, 15) is 19.8 Å². The van der Waals surface area contributed by atoms with Crippen molar-refractivity contribution in [1.82, 2.24) is 0 Å². The SMILES string of the molecule is C/C(C(=O)[O-])=C(\C)C(=O)[O-].CC(C)[CH2][Sn+2][CH2]C(C)C. The summed E-state index contributed by atoms with van der Waals surface area (Å²) >= 11 is 0.0709. The molecule has 0 saturated heterocycles. The van der Waals surface area contributed by atoms with E-state index in [1.807, 2.05) is 0 Å². The van der Waals surface area contributed by atoms with Gasteiger partial charge in [-0.25, -0.2) is 0 Å². The van der Waals surface area contributed by atoms with E-state index in [-0.39, 0.29) is 32.3 Å². The number of carbonyl (C=O) groups excluding carboxylic acids is 2. The molecule has 0 saturated carbocycles. The monoisotopic (exact) mass is 376 g/mol. The predicted molar refractivity (Wildman–Crippen MR) is 73.4 cm³/mol. The minimum atomic E-state index is -1.48. The normalized spacial score (nSPS) is 11.4. The van der Waals surface area contributed by atoms with Gasteiger partial charge in [-0.05, 0) is 25.0 Å². The first-order valence-corrected chi connectivity index (χ1v) is 10.4. The molecular weight excluding hydrogens is 351 g/mol. The number of carboxylic acid groups (broad SMARTS) is 2. The average Bonchev–Trinajstić information content (AvgIpc) is 2.26. The minimum absolute atomic E-state index is 0.0709. The van der Waals surface area contributed by atoms with Crippen LogP contribution in [0.15, 0.2) is 11.1 Å². The number of hydrogen-bond acceptors (Lipinski definition) is 4. The van der Waals surface area contributed by atoms with Crippen LogP contribution in [0.1, 0.15) is 41.5 Å². The number of aliphatic carboxylic acids is 2. The predicted octanol–water partition coefficient (Wildman–Crippen LogP) is 0.662. The molecule has 0 aromatic rings. The fourth-order valence-corrected chi connectivity index (χ4v) is 4.74. The van der Waals surface area contributed by atoms with Crippen LogP contribution in [0.25, 0.3) is 0 Å². The molecule has 0 fully saturated rings. The van der Waals surface area contributed by atoms with E-state index in [4.69, 9.17) is 0 Å². The third-order valence-corrected chi connectivity index (χ3v) is 8.59. The van der Waals surface area contributed by atoms with E-state index >= 15 is 0 Å². The van der Waals surface area contributed by atoms with Crippen LogP contribution in [0.5, 0.6) is 0 Å². The van der Waals surface area contributed by atoms with Gasteiger partial charge in [-0.3, -0.25) is 0 Å². The van der Waals surface area contributed by atoms with Gasteiger partial charge >= 0.3 is 69.5 Å². The Kier molecular flexibility index (Phi) is 12.4. The first kappa shape index (κ1) is 20.8. The van der Waals surface area contributed by atoms with Crippen LogP contribution in [0.3, 0.4) is 0 Å². The van der Waals surface area contributed by atoms with Gasteiger partial charge < -0.3 is 19.8 Å². The number of carboxylic acids is 2. The fourth-order valence-electron chi connectivity index (χ4n) is 0.967. The molecular formula is C14H24O4Sn. The standard InChI is InChI=1S/C6H8O4.2C4H9.Sn/c1-3(5(7)8)4(2)6(9)10;2*1-4(2)3;/h1-2H3,(H,7,8)(H,9,10);2*4H,1H2,2-3H3;/q;;;+2/p-2/b4-3-;;;. The first-order valence-electron chi connectivity index (χ1n) is 6.40. The van der Waals surface area contributed by atoms with E-state index < -0.39 is 11.9 Å². The van der Waals surface area contributed by atoms with Crippen molar-refractivity contribution in [2.24, 2.45) is 11.8 Å². The maximum atomic E-state index is 9.99. The molecule has 0 aliphatic carbocycles. The molecule has 0 unspecified atom stereocenters. The van der Waals surface area contributed by atoms with Crippen molar-refractivity contribution in [2.75, 3.05) is 0 Å². The van der Waals surface area contributed by atoms with E-state index in [2.05, 4.69) is 27.7 Å². The Morgan fingerprint density at radius 3 is 1.26 bits per heavy atom. The van der Waals surface area contributed by atoms with Gasteiger partial charge in [0.25, 0.3) is 0 Å². The van der Waals surface area contributed by atoms with Crippen molar-refractivity contribution < 1.29 is 19.8 Å². The van der Waals surface area contributed by atoms with Crippen LogP contribution in [0.4, 0.5) is 0 Å². The Morgan fingerprint density at radius 1 is 0.842 bits per heavy atom. The molecule has 0 aromatic carbocycles. The zero-order valence-electron chi connectivity index (χ0n) is 12.7. The molecule has 0 aliphatic heterocycles. The van der Waals surface area contributed by atoms with Crippen LogP contribution in [0.2, 0.25) is 8.87 Å². The summed E-state index contributed by atoms with van der Waals surface area (Å²) in [6.07, 6.45) is 0. The molecule has 4 nitrogen and oxygen atoms in total. The molecule has 0 heterocycles. The second-order valence-electron chi connectivity index (χ2n) is 5.27. The first-order chi connectivity index (χ1) is 8.59. The van der Waals surface area contributed by atoms with Gasteiger partial charge in [0, 0.05) is 0 Å². The molecule has 0 aromatic heterocycles. The Morgan fingerprint density at radius 2 is 1.11 bits per heavy atom. The van der Waals surface area contributed by atoms with E-state index in [1.165, 1.54) is 0 Å². The van der Waals surface area contributed by atoms with Gasteiger partial charge in [0.15, 0.2) is 0 Å². The van der Waals surface area contributed by atoms with Crippen molar-refractivity contribution in [1.29, 1.82) is 0 Å². The van der Waals surface area contributed by atoms with Crippen LogP contribution in [-0.2, 0) is 9.59 Å². The number of hydrogen-bond donors (Lipinski definition) is 0. The van der Waals surface area contributed by atoms with Crippen molar-refractivity contribution >= 4 is 33.1 Å². The summed E-state index contributed by atoms with van der Waals surface area (Å²) < 4.78 is 3.14. The molecule has 0 aliphatic rings. The zero-order chi connectivity index (χ0) is 15.6. The summed E-state index contributed by atoms with van der Waals surface area (Å²) in [5, 5.41) is 20.0. The summed E-state index contributed by atoms with van der Waals surface area (Å²) in [4.78, 5) is 20.0.